The number of hydrogen-bond acceptors (Lipinski definition) is 4. The van der Waals surface area contributed by atoms with Gasteiger partial charge in [-0.25, -0.2) is 4.68 Å². The van der Waals surface area contributed by atoms with Crippen molar-refractivity contribution in [3.05, 3.63) is 41.2 Å². The second-order valence-corrected chi connectivity index (χ2v) is 6.33. The predicted molar refractivity (Wildman–Crippen MR) is 94.0 cm³/mol. The van der Waals surface area contributed by atoms with Gasteiger partial charge in [-0.15, -0.1) is 5.10 Å². The van der Waals surface area contributed by atoms with Crippen LogP contribution in [0.2, 0.25) is 0 Å². The molecule has 25 heavy (non-hydrogen) atoms. The molecular weight excluding hydrogens is 320 g/mol. The summed E-state index contributed by atoms with van der Waals surface area (Å²) in [6, 6.07) is 6.96. The van der Waals surface area contributed by atoms with E-state index in [0.717, 1.165) is 12.1 Å². The molecule has 7 heteroatoms. The average Bonchev–Trinajstić information content (AvgIpc) is 2.99. The fraction of sp³-hybridized carbons (Fsp3) is 0.444. The number of rotatable bonds is 7. The Morgan fingerprint density at radius 1 is 1.28 bits per heavy atom. The summed E-state index contributed by atoms with van der Waals surface area (Å²) in [5, 5.41) is 19.5. The van der Waals surface area contributed by atoms with Crippen molar-refractivity contribution in [1.82, 2.24) is 20.3 Å². The van der Waals surface area contributed by atoms with Crippen LogP contribution in [0.15, 0.2) is 24.3 Å². The van der Waals surface area contributed by atoms with E-state index in [9.17, 15) is 9.59 Å². The number of carbonyl (C=O) groups is 2. The van der Waals surface area contributed by atoms with Gasteiger partial charge in [-0.05, 0) is 37.0 Å². The lowest BCUT2D eigenvalue weighted by Crippen LogP contribution is -2.38. The molecule has 1 aromatic heterocycles. The Morgan fingerprint density at radius 3 is 2.60 bits per heavy atom. The zero-order valence-corrected chi connectivity index (χ0v) is 15.0. The Hall–Kier alpha value is -2.70. The maximum absolute atomic E-state index is 12.4. The highest BCUT2D eigenvalue weighted by molar-refractivity contribution is 5.95. The van der Waals surface area contributed by atoms with Crippen LogP contribution in [0.4, 0.5) is 0 Å². The summed E-state index contributed by atoms with van der Waals surface area (Å²) in [6.07, 6.45) is 1.43. The van der Waals surface area contributed by atoms with Crippen molar-refractivity contribution in [2.75, 3.05) is 0 Å². The third-order valence-electron chi connectivity index (χ3n) is 3.96. The van der Waals surface area contributed by atoms with Gasteiger partial charge in [0.15, 0.2) is 5.69 Å². The van der Waals surface area contributed by atoms with Crippen molar-refractivity contribution < 1.29 is 14.7 Å². The lowest BCUT2D eigenvalue weighted by atomic mass is 10.0. The Kier molecular flexibility index (Phi) is 5.90. The molecule has 1 atom stereocenters. The number of hydrogen-bond donors (Lipinski definition) is 2. The van der Waals surface area contributed by atoms with Crippen LogP contribution in [0.1, 0.15) is 61.8 Å². The summed E-state index contributed by atoms with van der Waals surface area (Å²) in [7, 11) is 0. The number of aromatic nitrogens is 3. The number of nitrogens with zero attached hydrogens (tertiary/aromatic N) is 3. The van der Waals surface area contributed by atoms with Crippen LogP contribution >= 0.6 is 0 Å². The smallest absolute Gasteiger partial charge is 0.325 e. The number of nitrogens with one attached hydrogen (secondary N) is 1. The Bertz CT molecular complexity index is 767. The van der Waals surface area contributed by atoms with Gasteiger partial charge in [0, 0.05) is 0 Å². The van der Waals surface area contributed by atoms with Crippen LogP contribution < -0.4 is 5.32 Å². The normalized spacial score (nSPS) is 12.2. The van der Waals surface area contributed by atoms with Gasteiger partial charge in [0.1, 0.15) is 6.04 Å². The third-order valence-corrected chi connectivity index (χ3v) is 3.96. The molecule has 7 nitrogen and oxygen atoms in total. The van der Waals surface area contributed by atoms with Crippen LogP contribution in [-0.4, -0.2) is 38.0 Å². The molecule has 2 aromatic rings. The number of amides is 1. The molecule has 0 bridgehead atoms. The molecule has 1 amide bonds. The molecule has 2 rings (SSSR count). The van der Waals surface area contributed by atoms with Crippen molar-refractivity contribution in [2.24, 2.45) is 0 Å². The standard InChI is InChI=1S/C18H24N4O3/c1-5-7-15-16(17(23)19-12(4)18(24)25)20-21-22(15)14-9-6-8-13(10-14)11(2)3/h6,8-12H,5,7H2,1-4H3,(H,19,23)(H,24,25)/t12-/m1/s1. The maximum atomic E-state index is 12.4. The Balaban J connectivity index is 2.41. The Morgan fingerprint density at radius 2 is 2.00 bits per heavy atom. The highest BCUT2D eigenvalue weighted by atomic mass is 16.4. The molecular formula is C18H24N4O3. The van der Waals surface area contributed by atoms with Gasteiger partial charge in [0.2, 0.25) is 0 Å². The van der Waals surface area contributed by atoms with Crippen molar-refractivity contribution in [3.63, 3.8) is 0 Å². The first-order valence-corrected chi connectivity index (χ1v) is 8.43. The number of carboxylic acid groups (broad SMARTS) is 1. The molecule has 1 aromatic carbocycles. The lowest BCUT2D eigenvalue weighted by molar-refractivity contribution is -0.138. The molecule has 0 aliphatic heterocycles. The first-order valence-electron chi connectivity index (χ1n) is 8.43. The summed E-state index contributed by atoms with van der Waals surface area (Å²) < 4.78 is 1.66. The molecule has 0 saturated heterocycles. The van der Waals surface area contributed by atoms with Gasteiger partial charge in [-0.1, -0.05) is 44.5 Å². The van der Waals surface area contributed by atoms with E-state index in [1.807, 2.05) is 31.2 Å². The third kappa shape index (κ3) is 4.23. The second kappa shape index (κ2) is 7.92. The van der Waals surface area contributed by atoms with Gasteiger partial charge in [-0.2, -0.15) is 0 Å². The molecule has 0 unspecified atom stereocenters. The monoisotopic (exact) mass is 344 g/mol. The van der Waals surface area contributed by atoms with Gasteiger partial charge in [0.05, 0.1) is 11.4 Å². The Labute approximate surface area is 147 Å². The minimum absolute atomic E-state index is 0.171. The molecule has 0 spiro atoms. The molecule has 2 N–H and O–H groups in total. The fourth-order valence-electron chi connectivity index (χ4n) is 2.49. The van der Waals surface area contributed by atoms with Crippen molar-refractivity contribution in [3.8, 4) is 5.69 Å². The molecule has 0 saturated carbocycles. The zero-order chi connectivity index (χ0) is 18.6. The van der Waals surface area contributed by atoms with Crippen molar-refractivity contribution >= 4 is 11.9 Å². The summed E-state index contributed by atoms with van der Waals surface area (Å²) >= 11 is 0. The summed E-state index contributed by atoms with van der Waals surface area (Å²) in [6.45, 7) is 7.64. The molecule has 134 valence electrons. The zero-order valence-electron chi connectivity index (χ0n) is 15.0. The van der Waals surface area contributed by atoms with Gasteiger partial charge < -0.3 is 10.4 Å². The van der Waals surface area contributed by atoms with Crippen LogP contribution in [0.25, 0.3) is 5.69 Å². The first-order chi connectivity index (χ1) is 11.8. The van der Waals surface area contributed by atoms with Crippen LogP contribution in [0.5, 0.6) is 0 Å². The number of carbonyl (C=O) groups excluding carboxylic acids is 1. The SMILES string of the molecule is CCCc1c(C(=O)N[C@H](C)C(=O)O)nnn1-c1cccc(C(C)C)c1. The van der Waals surface area contributed by atoms with Crippen LogP contribution in [0.3, 0.4) is 0 Å². The van der Waals surface area contributed by atoms with Gasteiger partial charge >= 0.3 is 5.97 Å². The van der Waals surface area contributed by atoms with E-state index >= 15 is 0 Å². The molecule has 0 aliphatic carbocycles. The van der Waals surface area contributed by atoms with E-state index < -0.39 is 17.9 Å². The topological polar surface area (TPSA) is 97.1 Å². The van der Waals surface area contributed by atoms with E-state index in [-0.39, 0.29) is 5.69 Å². The number of aliphatic carboxylic acids is 1. The highest BCUT2D eigenvalue weighted by Crippen LogP contribution is 2.20. The average molecular weight is 344 g/mol. The lowest BCUT2D eigenvalue weighted by Gasteiger charge is -2.11. The van der Waals surface area contributed by atoms with E-state index in [1.165, 1.54) is 12.5 Å². The fourth-order valence-corrected chi connectivity index (χ4v) is 2.49. The summed E-state index contributed by atoms with van der Waals surface area (Å²) in [4.78, 5) is 23.3. The van der Waals surface area contributed by atoms with Crippen molar-refractivity contribution in [1.29, 1.82) is 0 Å². The first kappa shape index (κ1) is 18.6. The number of carboxylic acids is 1. The van der Waals surface area contributed by atoms with E-state index in [4.69, 9.17) is 5.11 Å². The minimum Gasteiger partial charge on any atom is -0.480 e. The minimum atomic E-state index is -1.09. The summed E-state index contributed by atoms with van der Waals surface area (Å²) in [5.41, 5.74) is 2.86. The van der Waals surface area contributed by atoms with Crippen LogP contribution in [0, 0.1) is 0 Å². The molecule has 0 radical (unpaired) electrons. The van der Waals surface area contributed by atoms with E-state index in [1.54, 1.807) is 4.68 Å². The van der Waals surface area contributed by atoms with E-state index in [2.05, 4.69) is 29.5 Å². The maximum Gasteiger partial charge on any atom is 0.325 e. The highest BCUT2D eigenvalue weighted by Gasteiger charge is 2.23. The van der Waals surface area contributed by atoms with Gasteiger partial charge in [0.25, 0.3) is 5.91 Å². The quantitative estimate of drug-likeness (QED) is 0.804. The molecule has 0 aliphatic rings. The van der Waals surface area contributed by atoms with Crippen LogP contribution in [-0.2, 0) is 11.2 Å². The summed E-state index contributed by atoms with van der Waals surface area (Å²) in [5.74, 6) is -1.25. The molecule has 1 heterocycles. The van der Waals surface area contributed by atoms with Crippen molar-refractivity contribution in [2.45, 2.75) is 52.5 Å². The second-order valence-electron chi connectivity index (χ2n) is 6.33. The van der Waals surface area contributed by atoms with Gasteiger partial charge in [-0.3, -0.25) is 9.59 Å². The van der Waals surface area contributed by atoms with E-state index in [0.29, 0.717) is 18.0 Å². The molecule has 0 fully saturated rings. The number of benzene rings is 1. The predicted octanol–water partition coefficient (Wildman–Crippen LogP) is 2.55. The largest absolute Gasteiger partial charge is 0.480 e.